The zero-order valence-electron chi connectivity index (χ0n) is 21.0. The lowest BCUT2D eigenvalue weighted by molar-refractivity contribution is -0.116. The van der Waals surface area contributed by atoms with E-state index in [2.05, 4.69) is 35.4 Å². The smallest absolute Gasteiger partial charge is 0.224 e. The minimum atomic E-state index is -0.0298. The van der Waals surface area contributed by atoms with Crippen molar-refractivity contribution < 1.29 is 4.79 Å². The Kier molecular flexibility index (Phi) is 5.99. The van der Waals surface area contributed by atoms with Gasteiger partial charge in [0.25, 0.3) is 0 Å². The molecule has 6 heterocycles. The molecule has 0 unspecified atom stereocenters. The molecule has 3 N–H and O–H groups in total. The highest BCUT2D eigenvalue weighted by molar-refractivity contribution is 5.95. The van der Waals surface area contributed by atoms with Crippen LogP contribution in [0.15, 0.2) is 43.0 Å². The summed E-state index contributed by atoms with van der Waals surface area (Å²) in [4.78, 5) is 36.6. The zero-order chi connectivity index (χ0) is 25.4. The second kappa shape index (κ2) is 9.61. The van der Waals surface area contributed by atoms with Gasteiger partial charge >= 0.3 is 0 Å². The number of H-pyrrole nitrogens is 2. The van der Waals surface area contributed by atoms with Crippen molar-refractivity contribution in [2.45, 2.75) is 39.5 Å². The zero-order valence-corrected chi connectivity index (χ0v) is 21.0. The summed E-state index contributed by atoms with van der Waals surface area (Å²) >= 11 is 0. The van der Waals surface area contributed by atoms with E-state index in [1.807, 2.05) is 38.2 Å². The summed E-state index contributed by atoms with van der Waals surface area (Å²) in [6.07, 6.45) is 11.2. The van der Waals surface area contributed by atoms with Crippen LogP contribution >= 0.6 is 0 Å². The molecule has 0 spiro atoms. The van der Waals surface area contributed by atoms with E-state index in [9.17, 15) is 4.79 Å². The molecule has 1 amide bonds. The Morgan fingerprint density at radius 3 is 2.68 bits per heavy atom. The average molecular weight is 496 g/mol. The number of pyridine rings is 3. The van der Waals surface area contributed by atoms with Gasteiger partial charge in [-0.05, 0) is 43.4 Å². The Labute approximate surface area is 214 Å². The Balaban J connectivity index is 1.35. The lowest BCUT2D eigenvalue weighted by Gasteiger charge is -2.28. The molecule has 0 aromatic carbocycles. The number of rotatable bonds is 6. The van der Waals surface area contributed by atoms with E-state index in [-0.39, 0.29) is 11.8 Å². The molecule has 1 saturated heterocycles. The number of fused-ring (bicyclic) bond motifs is 2. The van der Waals surface area contributed by atoms with Crippen LogP contribution in [0, 0.1) is 5.92 Å². The molecular weight excluding hydrogens is 466 g/mol. The second-order valence-electron chi connectivity index (χ2n) is 9.96. The highest BCUT2D eigenvalue weighted by Crippen LogP contribution is 2.31. The number of amides is 1. The van der Waals surface area contributed by atoms with Crippen LogP contribution in [0.3, 0.4) is 0 Å². The molecule has 1 fully saturated rings. The van der Waals surface area contributed by atoms with Crippen molar-refractivity contribution in [3.63, 3.8) is 0 Å². The van der Waals surface area contributed by atoms with E-state index in [0.717, 1.165) is 46.6 Å². The summed E-state index contributed by atoms with van der Waals surface area (Å²) in [5, 5.41) is 10.5. The van der Waals surface area contributed by atoms with Crippen LogP contribution in [0.4, 0.5) is 11.4 Å². The van der Waals surface area contributed by atoms with Gasteiger partial charge in [-0.15, -0.1) is 0 Å². The minimum absolute atomic E-state index is 0.0298. The molecular formula is C27H29N9O. The van der Waals surface area contributed by atoms with Crippen LogP contribution in [-0.4, -0.2) is 54.1 Å². The van der Waals surface area contributed by atoms with Crippen LogP contribution in [0.25, 0.3) is 44.8 Å². The fraction of sp³-hybridized carbons (Fsp3) is 0.333. The van der Waals surface area contributed by atoms with Gasteiger partial charge in [-0.3, -0.25) is 19.9 Å². The van der Waals surface area contributed by atoms with Gasteiger partial charge in [0.2, 0.25) is 5.91 Å². The fourth-order valence-corrected chi connectivity index (χ4v) is 4.85. The molecule has 5 aromatic heterocycles. The summed E-state index contributed by atoms with van der Waals surface area (Å²) in [5.41, 5.74) is 7.16. The Morgan fingerprint density at radius 1 is 1.00 bits per heavy atom. The molecule has 0 radical (unpaired) electrons. The molecule has 188 valence electrons. The summed E-state index contributed by atoms with van der Waals surface area (Å²) in [5.74, 6) is 0.896. The molecule has 37 heavy (non-hydrogen) atoms. The number of imidazole rings is 1. The molecule has 6 rings (SSSR count). The third-order valence-corrected chi connectivity index (χ3v) is 6.62. The van der Waals surface area contributed by atoms with Crippen LogP contribution in [0.2, 0.25) is 0 Å². The number of hydrogen-bond acceptors (Lipinski definition) is 7. The Bertz CT molecular complexity index is 1580. The van der Waals surface area contributed by atoms with Gasteiger partial charge in [0.05, 0.1) is 46.7 Å². The van der Waals surface area contributed by atoms with Crippen molar-refractivity contribution in [1.82, 2.24) is 35.1 Å². The molecule has 10 nitrogen and oxygen atoms in total. The highest BCUT2D eigenvalue weighted by Gasteiger charge is 2.20. The van der Waals surface area contributed by atoms with Crippen molar-refractivity contribution in [2.24, 2.45) is 5.92 Å². The standard InChI is InChI=1S/C27H29N9O/c1-16(2)10-23(37)30-18-11-17(12-28-13-18)19-6-7-20-25(31-19)26(35-34-20)27-32-21-14-29-15-22(24(21)33-27)36-8-4-3-5-9-36/h6-7,11-16H,3-5,8-10H2,1-2H3,(H,30,37)(H,32,33)(H,34,35). The van der Waals surface area contributed by atoms with Gasteiger partial charge < -0.3 is 15.2 Å². The maximum atomic E-state index is 12.2. The quantitative estimate of drug-likeness (QED) is 0.304. The number of hydrogen-bond donors (Lipinski definition) is 3. The number of piperidine rings is 1. The van der Waals surface area contributed by atoms with Crippen molar-refractivity contribution in [1.29, 1.82) is 0 Å². The number of aromatic amines is 2. The van der Waals surface area contributed by atoms with E-state index >= 15 is 0 Å². The van der Waals surface area contributed by atoms with Crippen LogP contribution < -0.4 is 10.2 Å². The van der Waals surface area contributed by atoms with Gasteiger partial charge in [-0.2, -0.15) is 5.10 Å². The summed E-state index contributed by atoms with van der Waals surface area (Å²) in [6, 6.07) is 5.75. The number of aromatic nitrogens is 7. The number of anilines is 2. The Morgan fingerprint density at radius 2 is 1.84 bits per heavy atom. The maximum absolute atomic E-state index is 12.2. The first-order valence-electron chi connectivity index (χ1n) is 12.7. The number of carbonyl (C=O) groups excluding carboxylic acids is 1. The van der Waals surface area contributed by atoms with Crippen molar-refractivity contribution >= 4 is 39.3 Å². The van der Waals surface area contributed by atoms with Gasteiger partial charge in [0.1, 0.15) is 11.0 Å². The third kappa shape index (κ3) is 4.62. The normalized spacial score (nSPS) is 14.1. The van der Waals surface area contributed by atoms with E-state index in [0.29, 0.717) is 29.1 Å². The first-order chi connectivity index (χ1) is 18.0. The first kappa shape index (κ1) is 23.1. The van der Waals surface area contributed by atoms with E-state index in [1.54, 1.807) is 18.6 Å². The molecule has 0 atom stereocenters. The maximum Gasteiger partial charge on any atom is 0.224 e. The molecule has 0 aliphatic carbocycles. The van der Waals surface area contributed by atoms with E-state index in [1.165, 1.54) is 19.3 Å². The van der Waals surface area contributed by atoms with Gasteiger partial charge in [0.15, 0.2) is 11.5 Å². The van der Waals surface area contributed by atoms with Gasteiger partial charge in [-0.25, -0.2) is 9.97 Å². The minimum Gasteiger partial charge on any atom is -0.368 e. The lowest BCUT2D eigenvalue weighted by atomic mass is 10.1. The Hall–Kier alpha value is -4.34. The largest absolute Gasteiger partial charge is 0.368 e. The third-order valence-electron chi connectivity index (χ3n) is 6.62. The van der Waals surface area contributed by atoms with Crippen molar-refractivity contribution in [2.75, 3.05) is 23.3 Å². The van der Waals surface area contributed by atoms with Crippen molar-refractivity contribution in [3.8, 4) is 22.8 Å². The van der Waals surface area contributed by atoms with Crippen LogP contribution in [0.5, 0.6) is 0 Å². The lowest BCUT2D eigenvalue weighted by Crippen LogP contribution is -2.29. The van der Waals surface area contributed by atoms with Gasteiger partial charge in [-0.1, -0.05) is 13.8 Å². The van der Waals surface area contributed by atoms with Crippen molar-refractivity contribution in [3.05, 3.63) is 43.0 Å². The average Bonchev–Trinajstić information content (AvgIpc) is 3.52. The van der Waals surface area contributed by atoms with Crippen LogP contribution in [-0.2, 0) is 4.79 Å². The summed E-state index contributed by atoms with van der Waals surface area (Å²) in [6.45, 7) is 6.07. The fourth-order valence-electron chi connectivity index (χ4n) is 4.85. The van der Waals surface area contributed by atoms with E-state index in [4.69, 9.17) is 9.97 Å². The topological polar surface area (TPSA) is 128 Å². The predicted octanol–water partition coefficient (Wildman–Crippen LogP) is 4.93. The molecule has 1 aliphatic heterocycles. The molecule has 1 aliphatic rings. The molecule has 0 saturated carbocycles. The summed E-state index contributed by atoms with van der Waals surface area (Å²) < 4.78 is 0. The molecule has 10 heteroatoms. The van der Waals surface area contributed by atoms with Gasteiger partial charge in [0, 0.05) is 31.3 Å². The summed E-state index contributed by atoms with van der Waals surface area (Å²) in [7, 11) is 0. The SMILES string of the molecule is CC(C)CC(=O)Nc1cncc(-c2ccc3[nH]nc(-c4nc5c(N6CCCCC6)cncc5[nH]4)c3n2)c1. The second-order valence-corrected chi connectivity index (χ2v) is 9.96. The predicted molar refractivity (Wildman–Crippen MR) is 144 cm³/mol. The highest BCUT2D eigenvalue weighted by atomic mass is 16.1. The number of carbonyl (C=O) groups is 1. The monoisotopic (exact) mass is 495 g/mol. The van der Waals surface area contributed by atoms with E-state index < -0.39 is 0 Å². The number of nitrogens with zero attached hydrogens (tertiary/aromatic N) is 6. The molecule has 5 aromatic rings. The molecule has 0 bridgehead atoms. The number of nitrogens with one attached hydrogen (secondary N) is 3. The van der Waals surface area contributed by atoms with Crippen LogP contribution in [0.1, 0.15) is 39.5 Å². The first-order valence-corrected chi connectivity index (χ1v) is 12.7.